The van der Waals surface area contributed by atoms with Crippen LogP contribution in [0.4, 0.5) is 0 Å². The van der Waals surface area contributed by atoms with Gasteiger partial charge in [-0.05, 0) is 24.1 Å². The van der Waals surface area contributed by atoms with E-state index in [0.717, 1.165) is 17.1 Å². The van der Waals surface area contributed by atoms with E-state index in [1.165, 1.54) is 6.07 Å². The van der Waals surface area contributed by atoms with E-state index in [1.54, 1.807) is 18.2 Å². The maximum atomic E-state index is 11.3. The lowest BCUT2D eigenvalue weighted by molar-refractivity contribution is 0.282. The highest BCUT2D eigenvalue weighted by Crippen LogP contribution is 2.22. The molecule has 0 bridgehead atoms. The zero-order valence-corrected chi connectivity index (χ0v) is 11.3. The maximum Gasteiger partial charge on any atom is 0.336 e. The summed E-state index contributed by atoms with van der Waals surface area (Å²) < 4.78 is 10.6. The van der Waals surface area contributed by atoms with Gasteiger partial charge in [0, 0.05) is 22.8 Å². The number of hydrogen-bond acceptors (Lipinski definition) is 4. The minimum atomic E-state index is -0.468. The molecule has 1 heterocycles. The Hall–Kier alpha value is -1.33. The molecule has 0 radical (unpaired) electrons. The fourth-order valence-corrected chi connectivity index (χ4v) is 1.90. The topological polar surface area (TPSA) is 59.7 Å². The van der Waals surface area contributed by atoms with Crippen molar-refractivity contribution >= 4 is 26.9 Å². The van der Waals surface area contributed by atoms with Crippen molar-refractivity contribution in [2.75, 3.05) is 11.9 Å². The minimum Gasteiger partial charge on any atom is -0.493 e. The van der Waals surface area contributed by atoms with Crippen LogP contribution in [-0.2, 0) is 6.61 Å². The average Bonchev–Trinajstić information content (AvgIpc) is 2.37. The zero-order valence-electron chi connectivity index (χ0n) is 9.69. The van der Waals surface area contributed by atoms with Gasteiger partial charge in [0.2, 0.25) is 0 Å². The summed E-state index contributed by atoms with van der Waals surface area (Å²) in [7, 11) is 0. The molecule has 1 aromatic heterocycles. The third-order valence-corrected chi connectivity index (χ3v) is 3.08. The zero-order chi connectivity index (χ0) is 13.0. The van der Waals surface area contributed by atoms with Crippen molar-refractivity contribution in [3.63, 3.8) is 0 Å². The van der Waals surface area contributed by atoms with Crippen molar-refractivity contribution in [3.05, 3.63) is 40.2 Å². The quantitative estimate of drug-likeness (QED) is 0.523. The molecular formula is C13H13BrO4. The molecule has 0 aliphatic heterocycles. The highest BCUT2D eigenvalue weighted by atomic mass is 79.9. The van der Waals surface area contributed by atoms with Crippen LogP contribution < -0.4 is 10.4 Å². The number of rotatable bonds is 5. The van der Waals surface area contributed by atoms with Gasteiger partial charge in [-0.15, -0.1) is 0 Å². The second-order valence-electron chi connectivity index (χ2n) is 3.80. The molecule has 0 spiro atoms. The molecule has 0 fully saturated rings. The second-order valence-corrected chi connectivity index (χ2v) is 4.59. The molecule has 2 aromatic rings. The van der Waals surface area contributed by atoms with E-state index in [2.05, 4.69) is 15.9 Å². The summed E-state index contributed by atoms with van der Waals surface area (Å²) in [5.41, 5.74) is 0.528. The maximum absolute atomic E-state index is 11.3. The molecule has 0 saturated heterocycles. The molecule has 0 unspecified atom stereocenters. The highest BCUT2D eigenvalue weighted by molar-refractivity contribution is 9.09. The molecule has 0 aliphatic rings. The van der Waals surface area contributed by atoms with Gasteiger partial charge in [-0.3, -0.25) is 0 Å². The van der Waals surface area contributed by atoms with Gasteiger partial charge >= 0.3 is 5.63 Å². The molecular weight excluding hydrogens is 300 g/mol. The van der Waals surface area contributed by atoms with E-state index in [1.807, 2.05) is 0 Å². The van der Waals surface area contributed by atoms with Crippen molar-refractivity contribution in [2.24, 2.45) is 0 Å². The van der Waals surface area contributed by atoms with Gasteiger partial charge in [0.25, 0.3) is 0 Å². The Balaban J connectivity index is 2.36. The molecule has 1 N–H and O–H groups in total. The van der Waals surface area contributed by atoms with E-state index in [4.69, 9.17) is 9.15 Å². The van der Waals surface area contributed by atoms with E-state index < -0.39 is 5.63 Å². The van der Waals surface area contributed by atoms with E-state index in [9.17, 15) is 9.90 Å². The van der Waals surface area contributed by atoms with Crippen LogP contribution in [0, 0.1) is 0 Å². The Morgan fingerprint density at radius 2 is 2.17 bits per heavy atom. The van der Waals surface area contributed by atoms with Gasteiger partial charge in [-0.2, -0.15) is 0 Å². The number of halogens is 1. The fraction of sp³-hybridized carbons (Fsp3) is 0.308. The Bertz CT molecular complexity index is 591. The first-order valence-electron chi connectivity index (χ1n) is 5.61. The van der Waals surface area contributed by atoms with Gasteiger partial charge in [0.15, 0.2) is 0 Å². The van der Waals surface area contributed by atoms with Crippen LogP contribution in [0.3, 0.4) is 0 Å². The molecule has 4 nitrogen and oxygen atoms in total. The standard InChI is InChI=1S/C13H13BrO4/c14-4-1-5-17-10-2-3-11-9(8-15)6-13(16)18-12(11)7-10/h2-3,6-7,15H,1,4-5,8H2. The molecule has 2 rings (SSSR count). The number of ether oxygens (including phenoxy) is 1. The lowest BCUT2D eigenvalue weighted by atomic mass is 10.1. The van der Waals surface area contributed by atoms with Gasteiger partial charge in [-0.25, -0.2) is 4.79 Å². The predicted molar refractivity (Wildman–Crippen MR) is 72.3 cm³/mol. The molecule has 5 heteroatoms. The number of fused-ring (bicyclic) bond motifs is 1. The second kappa shape index (κ2) is 6.02. The summed E-state index contributed by atoms with van der Waals surface area (Å²) in [6.45, 7) is 0.409. The molecule has 96 valence electrons. The highest BCUT2D eigenvalue weighted by Gasteiger charge is 2.06. The van der Waals surface area contributed by atoms with Crippen molar-refractivity contribution in [2.45, 2.75) is 13.0 Å². The summed E-state index contributed by atoms with van der Waals surface area (Å²) in [5, 5.41) is 10.8. The summed E-state index contributed by atoms with van der Waals surface area (Å²) >= 11 is 3.32. The van der Waals surface area contributed by atoms with Crippen LogP contribution in [0.2, 0.25) is 0 Å². The van der Waals surface area contributed by atoms with Gasteiger partial charge in [0.1, 0.15) is 11.3 Å². The van der Waals surface area contributed by atoms with Crippen LogP contribution >= 0.6 is 15.9 Å². The molecule has 0 atom stereocenters. The number of alkyl halides is 1. The molecule has 0 saturated carbocycles. The first-order valence-corrected chi connectivity index (χ1v) is 6.73. The van der Waals surface area contributed by atoms with Gasteiger partial charge in [0.05, 0.1) is 13.2 Å². The molecule has 1 aromatic carbocycles. The Morgan fingerprint density at radius 3 is 2.89 bits per heavy atom. The molecule has 0 aliphatic carbocycles. The predicted octanol–water partition coefficient (Wildman–Crippen LogP) is 2.45. The van der Waals surface area contributed by atoms with Crippen LogP contribution in [-0.4, -0.2) is 17.0 Å². The number of aliphatic hydroxyl groups is 1. The smallest absolute Gasteiger partial charge is 0.336 e. The average molecular weight is 313 g/mol. The van der Waals surface area contributed by atoms with Crippen molar-refractivity contribution in [3.8, 4) is 5.75 Å². The fourth-order valence-electron chi connectivity index (χ4n) is 1.68. The van der Waals surface area contributed by atoms with Crippen LogP contribution in [0.1, 0.15) is 12.0 Å². The largest absolute Gasteiger partial charge is 0.493 e. The molecule has 0 amide bonds. The Morgan fingerprint density at radius 1 is 1.33 bits per heavy atom. The third kappa shape index (κ3) is 2.91. The van der Waals surface area contributed by atoms with Crippen molar-refractivity contribution in [1.82, 2.24) is 0 Å². The van der Waals surface area contributed by atoms with Crippen LogP contribution in [0.25, 0.3) is 11.0 Å². The van der Waals surface area contributed by atoms with Gasteiger partial charge < -0.3 is 14.3 Å². The number of benzene rings is 1. The van der Waals surface area contributed by atoms with E-state index in [-0.39, 0.29) is 6.61 Å². The minimum absolute atomic E-state index is 0.189. The summed E-state index contributed by atoms with van der Waals surface area (Å²) in [5.74, 6) is 0.654. The van der Waals surface area contributed by atoms with Crippen LogP contribution in [0.5, 0.6) is 5.75 Å². The molecule has 18 heavy (non-hydrogen) atoms. The summed E-state index contributed by atoms with van der Waals surface area (Å²) in [6, 6.07) is 6.56. The monoisotopic (exact) mass is 312 g/mol. The van der Waals surface area contributed by atoms with E-state index >= 15 is 0 Å². The lowest BCUT2D eigenvalue weighted by Gasteiger charge is -2.07. The Labute approximate surface area is 112 Å². The van der Waals surface area contributed by atoms with Gasteiger partial charge in [-0.1, -0.05) is 15.9 Å². The normalized spacial score (nSPS) is 10.8. The lowest BCUT2D eigenvalue weighted by Crippen LogP contribution is -2.01. The SMILES string of the molecule is O=c1cc(CO)c2ccc(OCCCBr)cc2o1. The summed E-state index contributed by atoms with van der Waals surface area (Å²) in [4.78, 5) is 11.3. The van der Waals surface area contributed by atoms with Crippen molar-refractivity contribution in [1.29, 1.82) is 0 Å². The van der Waals surface area contributed by atoms with Crippen LogP contribution in [0.15, 0.2) is 33.5 Å². The first-order chi connectivity index (χ1) is 8.74. The number of aliphatic hydroxyl groups excluding tert-OH is 1. The number of hydrogen-bond donors (Lipinski definition) is 1. The summed E-state index contributed by atoms with van der Waals surface area (Å²) in [6.07, 6.45) is 0.901. The third-order valence-electron chi connectivity index (χ3n) is 2.52. The van der Waals surface area contributed by atoms with Crippen molar-refractivity contribution < 1.29 is 14.3 Å². The van der Waals surface area contributed by atoms with E-state index in [0.29, 0.717) is 23.5 Å². The Kier molecular flexibility index (Phi) is 4.38. The first kappa shape index (κ1) is 13.1.